The topological polar surface area (TPSA) is 34.4 Å². The van der Waals surface area contributed by atoms with Crippen molar-refractivity contribution in [1.82, 2.24) is 9.38 Å². The number of aromatic nitrogens is 2. The zero-order chi connectivity index (χ0) is 13.5. The molecule has 0 saturated heterocycles. The van der Waals surface area contributed by atoms with Crippen molar-refractivity contribution < 1.29 is 0 Å². The number of nitrogens with zero attached hydrogens (tertiary/aromatic N) is 2. The predicted octanol–water partition coefficient (Wildman–Crippen LogP) is 3.58. The van der Waals surface area contributed by atoms with Crippen molar-refractivity contribution >= 4 is 26.5 Å². The molecule has 4 aromatic rings. The average Bonchev–Trinajstić information content (AvgIpc) is 2.87. The van der Waals surface area contributed by atoms with E-state index in [9.17, 15) is 4.79 Å². The highest BCUT2D eigenvalue weighted by Gasteiger charge is 2.09. The molecule has 0 radical (unpaired) electrons. The van der Waals surface area contributed by atoms with Gasteiger partial charge in [0.15, 0.2) is 4.96 Å². The van der Waals surface area contributed by atoms with Gasteiger partial charge in [-0.15, -0.1) is 0 Å². The molecule has 0 N–H and O–H groups in total. The van der Waals surface area contributed by atoms with E-state index in [1.54, 1.807) is 10.5 Å². The smallest absolute Gasteiger partial charge is 0.259 e. The first-order valence-corrected chi connectivity index (χ1v) is 7.11. The average molecular weight is 278 g/mol. The fraction of sp³-hybridized carbons (Fsp3) is 0. The summed E-state index contributed by atoms with van der Waals surface area (Å²) in [5.74, 6) is 0. The maximum Gasteiger partial charge on any atom is 0.259 e. The Labute approximate surface area is 118 Å². The SMILES string of the molecule is O=c1cc(-c2ccccc2)nc2sc3ccccc3n12. The zero-order valence-electron chi connectivity index (χ0n) is 10.5. The van der Waals surface area contributed by atoms with Gasteiger partial charge in [-0.05, 0) is 12.1 Å². The molecular weight excluding hydrogens is 268 g/mol. The van der Waals surface area contributed by atoms with Gasteiger partial charge in [0.05, 0.1) is 15.9 Å². The molecule has 96 valence electrons. The van der Waals surface area contributed by atoms with Gasteiger partial charge in [0.2, 0.25) is 0 Å². The van der Waals surface area contributed by atoms with E-state index in [0.717, 1.165) is 26.4 Å². The summed E-state index contributed by atoms with van der Waals surface area (Å²) in [5.41, 5.74) is 2.57. The Hall–Kier alpha value is -2.46. The number of fused-ring (bicyclic) bond motifs is 3. The van der Waals surface area contributed by atoms with Gasteiger partial charge in [-0.1, -0.05) is 53.8 Å². The quantitative estimate of drug-likeness (QED) is 0.533. The molecule has 2 aromatic heterocycles. The van der Waals surface area contributed by atoms with E-state index in [0.29, 0.717) is 0 Å². The second kappa shape index (κ2) is 4.28. The third-order valence-corrected chi connectivity index (χ3v) is 4.29. The number of hydrogen-bond donors (Lipinski definition) is 0. The van der Waals surface area contributed by atoms with Gasteiger partial charge in [0, 0.05) is 11.6 Å². The van der Waals surface area contributed by atoms with E-state index in [-0.39, 0.29) is 5.56 Å². The Kier molecular flexibility index (Phi) is 2.44. The van der Waals surface area contributed by atoms with Crippen molar-refractivity contribution in [2.75, 3.05) is 0 Å². The minimum absolute atomic E-state index is 0.0358. The van der Waals surface area contributed by atoms with Crippen LogP contribution < -0.4 is 5.56 Å². The first kappa shape index (κ1) is 11.4. The molecule has 4 heteroatoms. The van der Waals surface area contributed by atoms with Crippen LogP contribution in [0.1, 0.15) is 0 Å². The molecule has 0 saturated carbocycles. The highest BCUT2D eigenvalue weighted by molar-refractivity contribution is 7.23. The number of thiazole rings is 1. The van der Waals surface area contributed by atoms with Crippen LogP contribution >= 0.6 is 11.3 Å². The molecule has 0 amide bonds. The molecule has 0 aliphatic heterocycles. The molecule has 4 rings (SSSR count). The highest BCUT2D eigenvalue weighted by atomic mass is 32.1. The third-order valence-electron chi connectivity index (χ3n) is 3.26. The normalized spacial score (nSPS) is 11.2. The molecule has 0 bridgehead atoms. The number of para-hydroxylation sites is 1. The minimum atomic E-state index is -0.0358. The maximum absolute atomic E-state index is 12.4. The molecule has 0 fully saturated rings. The van der Waals surface area contributed by atoms with E-state index in [1.807, 2.05) is 54.6 Å². The number of rotatable bonds is 1. The standard InChI is InChI=1S/C16H10N2OS/c19-15-10-12(11-6-2-1-3-7-11)17-16-18(15)13-8-4-5-9-14(13)20-16/h1-10H. The van der Waals surface area contributed by atoms with Crippen molar-refractivity contribution in [2.24, 2.45) is 0 Å². The molecule has 3 nitrogen and oxygen atoms in total. The van der Waals surface area contributed by atoms with E-state index >= 15 is 0 Å². The summed E-state index contributed by atoms with van der Waals surface area (Å²) in [4.78, 5) is 17.7. The van der Waals surface area contributed by atoms with Gasteiger partial charge >= 0.3 is 0 Å². The van der Waals surface area contributed by atoms with E-state index in [2.05, 4.69) is 4.98 Å². The van der Waals surface area contributed by atoms with Gasteiger partial charge in [-0.25, -0.2) is 4.98 Å². The van der Waals surface area contributed by atoms with Gasteiger partial charge < -0.3 is 0 Å². The van der Waals surface area contributed by atoms with Gasteiger partial charge in [-0.2, -0.15) is 0 Å². The molecule has 0 atom stereocenters. The number of benzene rings is 2. The molecule has 0 aliphatic carbocycles. The third kappa shape index (κ3) is 1.66. The molecule has 0 aliphatic rings. The van der Waals surface area contributed by atoms with Crippen LogP contribution in [0.3, 0.4) is 0 Å². The van der Waals surface area contributed by atoms with Crippen LogP contribution in [0.5, 0.6) is 0 Å². The van der Waals surface area contributed by atoms with Crippen LogP contribution in [-0.4, -0.2) is 9.38 Å². The van der Waals surface area contributed by atoms with Gasteiger partial charge in [0.1, 0.15) is 0 Å². The summed E-state index contributed by atoms with van der Waals surface area (Å²) in [6.45, 7) is 0. The Bertz CT molecular complexity index is 970. The molecule has 0 unspecified atom stereocenters. The second-order valence-corrected chi connectivity index (χ2v) is 5.54. The van der Waals surface area contributed by atoms with Crippen molar-refractivity contribution in [3.8, 4) is 11.3 Å². The maximum atomic E-state index is 12.4. The van der Waals surface area contributed by atoms with Crippen molar-refractivity contribution in [2.45, 2.75) is 0 Å². The van der Waals surface area contributed by atoms with Crippen molar-refractivity contribution in [3.63, 3.8) is 0 Å². The van der Waals surface area contributed by atoms with Crippen LogP contribution in [0.15, 0.2) is 65.5 Å². The van der Waals surface area contributed by atoms with Gasteiger partial charge in [0.25, 0.3) is 5.56 Å². The van der Waals surface area contributed by atoms with Crippen LogP contribution in [-0.2, 0) is 0 Å². The lowest BCUT2D eigenvalue weighted by Gasteiger charge is -2.00. The second-order valence-electron chi connectivity index (χ2n) is 4.53. The first-order chi connectivity index (χ1) is 9.83. The summed E-state index contributed by atoms with van der Waals surface area (Å²) in [6, 6.07) is 19.2. The summed E-state index contributed by atoms with van der Waals surface area (Å²) in [7, 11) is 0. The van der Waals surface area contributed by atoms with E-state index in [4.69, 9.17) is 0 Å². The fourth-order valence-corrected chi connectivity index (χ4v) is 3.37. The van der Waals surface area contributed by atoms with Crippen LogP contribution in [0, 0.1) is 0 Å². The predicted molar refractivity (Wildman–Crippen MR) is 82.3 cm³/mol. The van der Waals surface area contributed by atoms with Crippen LogP contribution in [0.2, 0.25) is 0 Å². The Morgan fingerprint density at radius 2 is 1.70 bits per heavy atom. The minimum Gasteiger partial charge on any atom is -0.269 e. The van der Waals surface area contributed by atoms with E-state index in [1.165, 1.54) is 11.3 Å². The van der Waals surface area contributed by atoms with Crippen molar-refractivity contribution in [3.05, 3.63) is 71.0 Å². The highest BCUT2D eigenvalue weighted by Crippen LogP contribution is 2.25. The van der Waals surface area contributed by atoms with Crippen molar-refractivity contribution in [1.29, 1.82) is 0 Å². The zero-order valence-corrected chi connectivity index (χ0v) is 11.3. The largest absolute Gasteiger partial charge is 0.269 e. The first-order valence-electron chi connectivity index (χ1n) is 6.30. The summed E-state index contributed by atoms with van der Waals surface area (Å²) in [5, 5.41) is 0. The Morgan fingerprint density at radius 1 is 0.950 bits per heavy atom. The molecule has 2 aromatic carbocycles. The lowest BCUT2D eigenvalue weighted by Crippen LogP contribution is -2.12. The monoisotopic (exact) mass is 278 g/mol. The molecule has 2 heterocycles. The van der Waals surface area contributed by atoms with E-state index < -0.39 is 0 Å². The molecular formula is C16H10N2OS. The van der Waals surface area contributed by atoms with Gasteiger partial charge in [-0.3, -0.25) is 9.20 Å². The Balaban J connectivity index is 2.09. The molecule has 0 spiro atoms. The Morgan fingerprint density at radius 3 is 2.55 bits per heavy atom. The lowest BCUT2D eigenvalue weighted by atomic mass is 10.1. The summed E-state index contributed by atoms with van der Waals surface area (Å²) >= 11 is 1.54. The molecule has 20 heavy (non-hydrogen) atoms. The number of hydrogen-bond acceptors (Lipinski definition) is 3. The lowest BCUT2D eigenvalue weighted by molar-refractivity contribution is 1.12. The van der Waals surface area contributed by atoms with Crippen LogP contribution in [0.25, 0.3) is 26.4 Å². The summed E-state index contributed by atoms with van der Waals surface area (Å²) < 4.78 is 2.74. The summed E-state index contributed by atoms with van der Waals surface area (Å²) in [6.07, 6.45) is 0. The fourth-order valence-electron chi connectivity index (χ4n) is 2.33. The van der Waals surface area contributed by atoms with Crippen LogP contribution in [0.4, 0.5) is 0 Å².